The SMILES string of the molecule is COc1ccc2ccccc2c1C1CCNC1C(=O)O. The smallest absolute Gasteiger partial charge is 0.321 e. The fourth-order valence-corrected chi connectivity index (χ4v) is 3.11. The molecular formula is C16H17NO3. The van der Waals surface area contributed by atoms with Crippen molar-refractivity contribution in [3.63, 3.8) is 0 Å². The summed E-state index contributed by atoms with van der Waals surface area (Å²) in [4.78, 5) is 11.4. The fraction of sp³-hybridized carbons (Fsp3) is 0.312. The highest BCUT2D eigenvalue weighted by atomic mass is 16.5. The van der Waals surface area contributed by atoms with Gasteiger partial charge in [0.25, 0.3) is 0 Å². The van der Waals surface area contributed by atoms with Crippen LogP contribution in [0, 0.1) is 0 Å². The number of carboxylic acids is 1. The van der Waals surface area contributed by atoms with E-state index < -0.39 is 12.0 Å². The average molecular weight is 271 g/mol. The van der Waals surface area contributed by atoms with Crippen LogP contribution >= 0.6 is 0 Å². The van der Waals surface area contributed by atoms with Crippen molar-refractivity contribution < 1.29 is 14.6 Å². The number of hydrogen-bond acceptors (Lipinski definition) is 3. The van der Waals surface area contributed by atoms with Crippen LogP contribution in [0.2, 0.25) is 0 Å². The highest BCUT2D eigenvalue weighted by molar-refractivity contribution is 5.89. The molecule has 3 rings (SSSR count). The van der Waals surface area contributed by atoms with Crippen LogP contribution in [0.1, 0.15) is 17.9 Å². The number of rotatable bonds is 3. The number of fused-ring (bicyclic) bond motifs is 1. The first kappa shape index (κ1) is 12.9. The number of ether oxygens (including phenoxy) is 1. The Labute approximate surface area is 117 Å². The normalized spacial score (nSPS) is 22.1. The van der Waals surface area contributed by atoms with Gasteiger partial charge in [-0.05, 0) is 29.8 Å². The van der Waals surface area contributed by atoms with E-state index in [1.807, 2.05) is 36.4 Å². The molecule has 2 atom stereocenters. The van der Waals surface area contributed by atoms with Crippen LogP contribution in [-0.2, 0) is 4.79 Å². The maximum absolute atomic E-state index is 11.4. The molecular weight excluding hydrogens is 254 g/mol. The molecule has 0 saturated carbocycles. The second kappa shape index (κ2) is 5.13. The molecule has 0 aromatic heterocycles. The number of hydrogen-bond donors (Lipinski definition) is 2. The predicted octanol–water partition coefficient (Wildman–Crippen LogP) is 2.38. The van der Waals surface area contributed by atoms with Crippen molar-refractivity contribution in [3.8, 4) is 5.75 Å². The first-order valence-corrected chi connectivity index (χ1v) is 6.74. The summed E-state index contributed by atoms with van der Waals surface area (Å²) in [6.45, 7) is 0.716. The number of aliphatic carboxylic acids is 1. The summed E-state index contributed by atoms with van der Waals surface area (Å²) in [5.74, 6) is -0.0975. The Bertz CT molecular complexity index is 653. The molecule has 0 amide bonds. The van der Waals surface area contributed by atoms with Crippen LogP contribution < -0.4 is 10.1 Å². The van der Waals surface area contributed by atoms with E-state index >= 15 is 0 Å². The quantitative estimate of drug-likeness (QED) is 0.900. The third-order valence-corrected chi connectivity index (χ3v) is 4.01. The number of benzene rings is 2. The Kier molecular flexibility index (Phi) is 3.32. The number of carbonyl (C=O) groups is 1. The summed E-state index contributed by atoms with van der Waals surface area (Å²) < 4.78 is 5.47. The number of methoxy groups -OCH3 is 1. The topological polar surface area (TPSA) is 58.6 Å². The minimum absolute atomic E-state index is 0.0615. The predicted molar refractivity (Wildman–Crippen MR) is 77.3 cm³/mol. The van der Waals surface area contributed by atoms with E-state index in [0.29, 0.717) is 6.54 Å². The van der Waals surface area contributed by atoms with Crippen LogP contribution in [-0.4, -0.2) is 30.8 Å². The van der Waals surface area contributed by atoms with E-state index in [9.17, 15) is 9.90 Å². The standard InChI is InChI=1S/C16H17NO3/c1-20-13-7-6-10-4-2-3-5-11(10)14(13)12-8-9-17-15(12)16(18)19/h2-7,12,15,17H,8-9H2,1H3,(H,18,19). The monoisotopic (exact) mass is 271 g/mol. The van der Waals surface area contributed by atoms with Crippen molar-refractivity contribution in [1.82, 2.24) is 5.32 Å². The van der Waals surface area contributed by atoms with E-state index in [1.165, 1.54) is 0 Å². The fourth-order valence-electron chi connectivity index (χ4n) is 3.11. The lowest BCUT2D eigenvalue weighted by Gasteiger charge is -2.21. The lowest BCUT2D eigenvalue weighted by molar-refractivity contribution is -0.139. The molecule has 4 heteroatoms. The average Bonchev–Trinajstić information content (AvgIpc) is 2.95. The van der Waals surface area contributed by atoms with Gasteiger partial charge in [0.1, 0.15) is 11.8 Å². The number of carboxylic acid groups (broad SMARTS) is 1. The van der Waals surface area contributed by atoms with Gasteiger partial charge in [0, 0.05) is 11.5 Å². The van der Waals surface area contributed by atoms with Crippen molar-refractivity contribution in [3.05, 3.63) is 42.0 Å². The maximum Gasteiger partial charge on any atom is 0.321 e. The van der Waals surface area contributed by atoms with Crippen molar-refractivity contribution in [2.45, 2.75) is 18.4 Å². The van der Waals surface area contributed by atoms with E-state index in [-0.39, 0.29) is 5.92 Å². The van der Waals surface area contributed by atoms with Crippen molar-refractivity contribution in [1.29, 1.82) is 0 Å². The molecule has 20 heavy (non-hydrogen) atoms. The molecule has 4 nitrogen and oxygen atoms in total. The Morgan fingerprint density at radius 2 is 2.10 bits per heavy atom. The minimum atomic E-state index is -0.803. The Morgan fingerprint density at radius 1 is 1.30 bits per heavy atom. The van der Waals surface area contributed by atoms with Gasteiger partial charge in [0.05, 0.1) is 7.11 Å². The van der Waals surface area contributed by atoms with Crippen LogP contribution in [0.5, 0.6) is 5.75 Å². The number of nitrogens with one attached hydrogen (secondary N) is 1. The molecule has 104 valence electrons. The summed E-state index contributed by atoms with van der Waals surface area (Å²) >= 11 is 0. The first-order chi connectivity index (χ1) is 9.72. The molecule has 1 heterocycles. The van der Waals surface area contributed by atoms with E-state index in [4.69, 9.17) is 4.74 Å². The molecule has 0 radical (unpaired) electrons. The van der Waals surface area contributed by atoms with Gasteiger partial charge in [-0.15, -0.1) is 0 Å². The molecule has 1 aliphatic heterocycles. The first-order valence-electron chi connectivity index (χ1n) is 6.74. The third-order valence-electron chi connectivity index (χ3n) is 4.01. The zero-order valence-corrected chi connectivity index (χ0v) is 11.3. The van der Waals surface area contributed by atoms with Crippen LogP contribution in [0.4, 0.5) is 0 Å². The van der Waals surface area contributed by atoms with Gasteiger partial charge in [-0.3, -0.25) is 4.79 Å². The van der Waals surface area contributed by atoms with Gasteiger partial charge in [0.15, 0.2) is 0 Å². The largest absolute Gasteiger partial charge is 0.496 e. The van der Waals surface area contributed by atoms with Gasteiger partial charge < -0.3 is 15.2 Å². The zero-order valence-electron chi connectivity index (χ0n) is 11.3. The van der Waals surface area contributed by atoms with Crippen LogP contribution in [0.15, 0.2) is 36.4 Å². The second-order valence-corrected chi connectivity index (χ2v) is 5.07. The minimum Gasteiger partial charge on any atom is -0.496 e. The summed E-state index contributed by atoms with van der Waals surface area (Å²) in [7, 11) is 1.63. The lowest BCUT2D eigenvalue weighted by Crippen LogP contribution is -2.34. The van der Waals surface area contributed by atoms with E-state index in [2.05, 4.69) is 5.32 Å². The lowest BCUT2D eigenvalue weighted by atomic mass is 9.87. The molecule has 0 aliphatic carbocycles. The summed E-state index contributed by atoms with van der Waals surface area (Å²) in [5, 5.41) is 14.6. The van der Waals surface area contributed by atoms with Crippen LogP contribution in [0.3, 0.4) is 0 Å². The second-order valence-electron chi connectivity index (χ2n) is 5.07. The van der Waals surface area contributed by atoms with Gasteiger partial charge in [-0.25, -0.2) is 0 Å². The summed E-state index contributed by atoms with van der Waals surface area (Å²) in [6.07, 6.45) is 0.807. The van der Waals surface area contributed by atoms with Crippen molar-refractivity contribution >= 4 is 16.7 Å². The van der Waals surface area contributed by atoms with Gasteiger partial charge in [0.2, 0.25) is 0 Å². The highest BCUT2D eigenvalue weighted by Gasteiger charge is 2.36. The molecule has 0 bridgehead atoms. The zero-order chi connectivity index (χ0) is 14.1. The molecule has 2 aromatic carbocycles. The van der Waals surface area contributed by atoms with Gasteiger partial charge >= 0.3 is 5.97 Å². The molecule has 2 unspecified atom stereocenters. The van der Waals surface area contributed by atoms with Gasteiger partial charge in [-0.2, -0.15) is 0 Å². The van der Waals surface area contributed by atoms with Crippen molar-refractivity contribution in [2.75, 3.05) is 13.7 Å². The maximum atomic E-state index is 11.4. The molecule has 1 aliphatic rings. The van der Waals surface area contributed by atoms with Crippen molar-refractivity contribution in [2.24, 2.45) is 0 Å². The Morgan fingerprint density at radius 3 is 2.85 bits per heavy atom. The molecule has 0 spiro atoms. The molecule has 1 saturated heterocycles. The van der Waals surface area contributed by atoms with E-state index in [1.54, 1.807) is 7.11 Å². The van der Waals surface area contributed by atoms with Crippen LogP contribution in [0.25, 0.3) is 10.8 Å². The van der Waals surface area contributed by atoms with E-state index in [0.717, 1.165) is 28.5 Å². The summed E-state index contributed by atoms with van der Waals surface area (Å²) in [5.41, 5.74) is 1.00. The molecule has 1 fully saturated rings. The summed E-state index contributed by atoms with van der Waals surface area (Å²) in [6, 6.07) is 11.4. The molecule has 2 N–H and O–H groups in total. The Balaban J connectivity index is 2.20. The van der Waals surface area contributed by atoms with Gasteiger partial charge in [-0.1, -0.05) is 30.3 Å². The Hall–Kier alpha value is -2.07. The third kappa shape index (κ3) is 2.02. The highest BCUT2D eigenvalue weighted by Crippen LogP contribution is 2.39. The molecule has 2 aromatic rings.